The number of nitrogens with one attached hydrogen (secondary N) is 2. The van der Waals surface area contributed by atoms with E-state index in [2.05, 4.69) is 15.4 Å². The number of carbonyl (C=O) groups is 2. The van der Waals surface area contributed by atoms with E-state index >= 15 is 0 Å². The van der Waals surface area contributed by atoms with Gasteiger partial charge < -0.3 is 15.4 Å². The maximum atomic E-state index is 11.8. The number of hydrogen-bond acceptors (Lipinski definition) is 3. The summed E-state index contributed by atoms with van der Waals surface area (Å²) in [6.07, 6.45) is 0. The normalized spacial score (nSPS) is 11.8. The summed E-state index contributed by atoms with van der Waals surface area (Å²) in [4.78, 5) is 23.3. The minimum Gasteiger partial charge on any atom is -0.467 e. The minimum atomic E-state index is -0.662. The lowest BCUT2D eigenvalue weighted by molar-refractivity contribution is -0.143. The molecular weight excluding hydrogens is 280 g/mol. The van der Waals surface area contributed by atoms with Crippen LogP contribution in [0.4, 0.5) is 4.79 Å². The van der Waals surface area contributed by atoms with E-state index in [1.807, 2.05) is 26.0 Å². The number of urea groups is 1. The molecule has 0 aromatic heterocycles. The van der Waals surface area contributed by atoms with Gasteiger partial charge in [-0.1, -0.05) is 37.6 Å². The zero-order valence-electron chi connectivity index (χ0n) is 11.8. The summed E-state index contributed by atoms with van der Waals surface area (Å²) in [6, 6.07) is 6.07. The van der Waals surface area contributed by atoms with Gasteiger partial charge in [0.15, 0.2) is 0 Å². The Morgan fingerprint density at radius 1 is 1.25 bits per heavy atom. The van der Waals surface area contributed by atoms with Crippen LogP contribution in [0.25, 0.3) is 0 Å². The maximum Gasteiger partial charge on any atom is 0.328 e. The second-order valence-electron chi connectivity index (χ2n) is 4.70. The fourth-order valence-electron chi connectivity index (χ4n) is 1.60. The quantitative estimate of drug-likeness (QED) is 0.820. The molecule has 0 radical (unpaired) electrons. The zero-order chi connectivity index (χ0) is 15.1. The SMILES string of the molecule is COC(=O)[C@@H](NC(=O)NCc1ccc(Cl)cc1)C(C)C. The molecule has 0 spiro atoms. The summed E-state index contributed by atoms with van der Waals surface area (Å²) in [6.45, 7) is 4.02. The van der Waals surface area contributed by atoms with Crippen molar-refractivity contribution in [3.8, 4) is 0 Å². The Hall–Kier alpha value is -1.75. The second kappa shape index (κ2) is 7.75. The van der Waals surface area contributed by atoms with Gasteiger partial charge in [0.1, 0.15) is 6.04 Å². The van der Waals surface area contributed by atoms with Gasteiger partial charge in [0.25, 0.3) is 0 Å². The van der Waals surface area contributed by atoms with Crippen LogP contribution in [0.5, 0.6) is 0 Å². The molecule has 5 nitrogen and oxygen atoms in total. The summed E-state index contributed by atoms with van der Waals surface area (Å²) >= 11 is 5.78. The molecule has 0 heterocycles. The van der Waals surface area contributed by atoms with E-state index in [9.17, 15) is 9.59 Å². The Labute approximate surface area is 123 Å². The number of benzene rings is 1. The van der Waals surface area contributed by atoms with Gasteiger partial charge in [-0.05, 0) is 23.6 Å². The Bertz CT molecular complexity index is 460. The van der Waals surface area contributed by atoms with Crippen molar-refractivity contribution < 1.29 is 14.3 Å². The first kappa shape index (κ1) is 16.3. The molecule has 0 bridgehead atoms. The van der Waals surface area contributed by atoms with Gasteiger partial charge in [-0.15, -0.1) is 0 Å². The number of amides is 2. The highest BCUT2D eigenvalue weighted by Crippen LogP contribution is 2.09. The van der Waals surface area contributed by atoms with Crippen molar-refractivity contribution >= 4 is 23.6 Å². The molecule has 1 atom stereocenters. The minimum absolute atomic E-state index is 0.0521. The van der Waals surface area contributed by atoms with Crippen LogP contribution in [0, 0.1) is 5.92 Å². The van der Waals surface area contributed by atoms with Crippen LogP contribution in [0.2, 0.25) is 5.02 Å². The third kappa shape index (κ3) is 5.09. The summed E-state index contributed by atoms with van der Waals surface area (Å²) in [5, 5.41) is 5.92. The largest absolute Gasteiger partial charge is 0.467 e. The molecular formula is C14H19ClN2O3. The Morgan fingerprint density at radius 3 is 2.35 bits per heavy atom. The van der Waals surface area contributed by atoms with Crippen LogP contribution in [0.1, 0.15) is 19.4 Å². The third-order valence-corrected chi connectivity index (χ3v) is 3.03. The summed E-state index contributed by atoms with van der Waals surface area (Å²) < 4.78 is 4.65. The Balaban J connectivity index is 2.49. The molecule has 2 N–H and O–H groups in total. The van der Waals surface area contributed by atoms with Crippen molar-refractivity contribution in [2.45, 2.75) is 26.4 Å². The first-order valence-corrected chi connectivity index (χ1v) is 6.68. The lowest BCUT2D eigenvalue weighted by atomic mass is 10.1. The second-order valence-corrected chi connectivity index (χ2v) is 5.13. The fraction of sp³-hybridized carbons (Fsp3) is 0.429. The number of ether oxygens (including phenoxy) is 1. The Kier molecular flexibility index (Phi) is 6.31. The van der Waals surface area contributed by atoms with Gasteiger partial charge in [-0.25, -0.2) is 9.59 Å². The van der Waals surface area contributed by atoms with Crippen LogP contribution < -0.4 is 10.6 Å². The molecule has 0 saturated heterocycles. The number of rotatable bonds is 5. The van der Waals surface area contributed by atoms with Crippen LogP contribution >= 0.6 is 11.6 Å². The summed E-state index contributed by atoms with van der Waals surface area (Å²) in [5.41, 5.74) is 0.920. The molecule has 1 aromatic rings. The van der Waals surface area contributed by atoms with E-state index in [4.69, 9.17) is 11.6 Å². The van der Waals surface area contributed by atoms with E-state index in [1.165, 1.54) is 7.11 Å². The number of carbonyl (C=O) groups excluding carboxylic acids is 2. The van der Waals surface area contributed by atoms with Gasteiger partial charge in [0, 0.05) is 11.6 Å². The molecule has 6 heteroatoms. The van der Waals surface area contributed by atoms with Gasteiger partial charge in [-0.3, -0.25) is 0 Å². The molecule has 0 unspecified atom stereocenters. The van der Waals surface area contributed by atoms with E-state index in [1.54, 1.807) is 12.1 Å². The molecule has 0 aliphatic rings. The van der Waals surface area contributed by atoms with Crippen molar-refractivity contribution in [1.29, 1.82) is 0 Å². The van der Waals surface area contributed by atoms with Crippen molar-refractivity contribution in [2.75, 3.05) is 7.11 Å². The van der Waals surface area contributed by atoms with E-state index < -0.39 is 18.0 Å². The average Bonchev–Trinajstić information content (AvgIpc) is 2.43. The van der Waals surface area contributed by atoms with Crippen LogP contribution in [0.3, 0.4) is 0 Å². The van der Waals surface area contributed by atoms with Gasteiger partial charge >= 0.3 is 12.0 Å². The molecule has 0 saturated carbocycles. The molecule has 1 aromatic carbocycles. The molecule has 0 aliphatic heterocycles. The first-order chi connectivity index (χ1) is 9.43. The van der Waals surface area contributed by atoms with E-state index in [0.717, 1.165) is 5.56 Å². The molecule has 110 valence electrons. The summed E-state index contributed by atoms with van der Waals surface area (Å²) in [7, 11) is 1.30. The van der Waals surface area contributed by atoms with Crippen LogP contribution in [-0.4, -0.2) is 25.2 Å². The molecule has 0 aliphatic carbocycles. The standard InChI is InChI=1S/C14H19ClN2O3/c1-9(2)12(13(18)20-3)17-14(19)16-8-10-4-6-11(15)7-5-10/h4-7,9,12H,8H2,1-3H3,(H2,16,17,19)/t12-/m0/s1. The van der Waals surface area contributed by atoms with E-state index in [0.29, 0.717) is 11.6 Å². The fourth-order valence-corrected chi connectivity index (χ4v) is 1.73. The number of hydrogen-bond donors (Lipinski definition) is 2. The Morgan fingerprint density at radius 2 is 1.85 bits per heavy atom. The predicted molar refractivity (Wildman–Crippen MR) is 77.5 cm³/mol. The van der Waals surface area contributed by atoms with Crippen LogP contribution in [-0.2, 0) is 16.1 Å². The van der Waals surface area contributed by atoms with Crippen molar-refractivity contribution in [3.05, 3.63) is 34.9 Å². The lowest BCUT2D eigenvalue weighted by Crippen LogP contribution is -2.48. The van der Waals surface area contributed by atoms with Crippen molar-refractivity contribution in [1.82, 2.24) is 10.6 Å². The number of methoxy groups -OCH3 is 1. The molecule has 2 amide bonds. The molecule has 1 rings (SSSR count). The monoisotopic (exact) mass is 298 g/mol. The smallest absolute Gasteiger partial charge is 0.328 e. The first-order valence-electron chi connectivity index (χ1n) is 6.30. The maximum absolute atomic E-state index is 11.8. The lowest BCUT2D eigenvalue weighted by Gasteiger charge is -2.20. The topological polar surface area (TPSA) is 67.4 Å². The highest BCUT2D eigenvalue weighted by atomic mass is 35.5. The highest BCUT2D eigenvalue weighted by Gasteiger charge is 2.24. The van der Waals surface area contributed by atoms with Crippen molar-refractivity contribution in [2.24, 2.45) is 5.92 Å². The highest BCUT2D eigenvalue weighted by molar-refractivity contribution is 6.30. The zero-order valence-corrected chi connectivity index (χ0v) is 12.5. The summed E-state index contributed by atoms with van der Waals surface area (Å²) in [5.74, 6) is -0.509. The van der Waals surface area contributed by atoms with Crippen molar-refractivity contribution in [3.63, 3.8) is 0 Å². The van der Waals surface area contributed by atoms with Gasteiger partial charge in [0.2, 0.25) is 0 Å². The van der Waals surface area contributed by atoms with Gasteiger partial charge in [0.05, 0.1) is 7.11 Å². The van der Waals surface area contributed by atoms with Crippen LogP contribution in [0.15, 0.2) is 24.3 Å². The molecule has 0 fully saturated rings. The van der Waals surface area contributed by atoms with E-state index in [-0.39, 0.29) is 5.92 Å². The van der Waals surface area contributed by atoms with Gasteiger partial charge in [-0.2, -0.15) is 0 Å². The average molecular weight is 299 g/mol. The predicted octanol–water partition coefficient (Wildman–Crippen LogP) is 2.34. The number of halogens is 1. The number of esters is 1. The third-order valence-electron chi connectivity index (χ3n) is 2.77. The molecule has 20 heavy (non-hydrogen) atoms.